The average Bonchev–Trinajstić information content (AvgIpc) is 3.02. The first-order valence-electron chi connectivity index (χ1n) is 12.6. The zero-order chi connectivity index (χ0) is 19.2. The first kappa shape index (κ1) is 20.2. The van der Waals surface area contributed by atoms with Crippen molar-refractivity contribution in [3.8, 4) is 0 Å². The maximum absolute atomic E-state index is 10.0. The summed E-state index contributed by atoms with van der Waals surface area (Å²) in [4.78, 5) is 0. The van der Waals surface area contributed by atoms with E-state index in [1.807, 2.05) is 0 Å². The molecule has 1 heteroatoms. The van der Waals surface area contributed by atoms with Gasteiger partial charge in [-0.25, -0.2) is 0 Å². The van der Waals surface area contributed by atoms with Gasteiger partial charge >= 0.3 is 0 Å². The van der Waals surface area contributed by atoms with Crippen LogP contribution in [-0.4, -0.2) is 11.2 Å². The van der Waals surface area contributed by atoms with E-state index in [0.717, 1.165) is 48.3 Å². The fourth-order valence-corrected chi connectivity index (χ4v) is 9.13. The molecule has 156 valence electrons. The van der Waals surface area contributed by atoms with Crippen LogP contribution in [-0.2, 0) is 0 Å². The Hall–Kier alpha value is -0.0400. The van der Waals surface area contributed by atoms with E-state index in [-0.39, 0.29) is 6.10 Å². The van der Waals surface area contributed by atoms with Crippen LogP contribution in [0.4, 0.5) is 0 Å². The van der Waals surface area contributed by atoms with E-state index in [1.165, 1.54) is 64.2 Å². The van der Waals surface area contributed by atoms with Gasteiger partial charge in [-0.15, -0.1) is 0 Å². The highest BCUT2D eigenvalue weighted by Crippen LogP contribution is 2.68. The zero-order valence-electron chi connectivity index (χ0n) is 18.7. The van der Waals surface area contributed by atoms with Crippen molar-refractivity contribution >= 4 is 0 Å². The number of fused-ring (bicyclic) bond motifs is 5. The molecule has 1 nitrogen and oxygen atoms in total. The van der Waals surface area contributed by atoms with Gasteiger partial charge in [0.1, 0.15) is 0 Å². The fraction of sp³-hybridized carbons (Fsp3) is 1.00. The van der Waals surface area contributed by atoms with Gasteiger partial charge in [-0.3, -0.25) is 0 Å². The molecule has 0 aromatic carbocycles. The number of hydrogen-bond acceptors (Lipinski definition) is 1. The van der Waals surface area contributed by atoms with Crippen molar-refractivity contribution < 1.29 is 5.11 Å². The van der Waals surface area contributed by atoms with Crippen molar-refractivity contribution in [2.45, 2.75) is 117 Å². The largest absolute Gasteiger partial charge is 0.393 e. The summed E-state index contributed by atoms with van der Waals surface area (Å²) >= 11 is 0. The van der Waals surface area contributed by atoms with Crippen molar-refractivity contribution in [1.29, 1.82) is 0 Å². The van der Waals surface area contributed by atoms with E-state index in [9.17, 15) is 5.11 Å². The van der Waals surface area contributed by atoms with Crippen LogP contribution in [0.5, 0.6) is 0 Å². The molecule has 27 heavy (non-hydrogen) atoms. The van der Waals surface area contributed by atoms with Crippen LogP contribution in [0.2, 0.25) is 0 Å². The molecule has 4 fully saturated rings. The molecular formula is C26H46O. The lowest BCUT2D eigenvalue weighted by molar-refractivity contribution is -0.114. The monoisotopic (exact) mass is 374 g/mol. The van der Waals surface area contributed by atoms with Crippen LogP contribution in [0.25, 0.3) is 0 Å². The minimum atomic E-state index is -0.0743. The molecule has 0 heterocycles. The Kier molecular flexibility index (Phi) is 5.74. The summed E-state index contributed by atoms with van der Waals surface area (Å²) in [7, 11) is 0. The maximum Gasteiger partial charge on any atom is 0.0537 e. The third-order valence-electron chi connectivity index (χ3n) is 10.8. The Labute approximate surface area is 169 Å². The maximum atomic E-state index is 10.0. The second-order valence-corrected chi connectivity index (χ2v) is 11.7. The number of rotatable bonds is 5. The van der Waals surface area contributed by atoms with E-state index in [0.29, 0.717) is 10.8 Å². The van der Waals surface area contributed by atoms with Crippen molar-refractivity contribution in [3.05, 3.63) is 0 Å². The number of aliphatic hydroxyl groups excluding tert-OH is 1. The molecule has 4 aliphatic rings. The second kappa shape index (κ2) is 7.66. The number of hydrogen-bond donors (Lipinski definition) is 1. The quantitative estimate of drug-likeness (QED) is 0.538. The van der Waals surface area contributed by atoms with Gasteiger partial charge in [0.15, 0.2) is 0 Å². The number of aliphatic hydroxyl groups is 1. The fourth-order valence-electron chi connectivity index (χ4n) is 9.13. The molecule has 0 aromatic rings. The predicted octanol–water partition coefficient (Wildman–Crippen LogP) is 7.22. The third kappa shape index (κ3) is 3.32. The average molecular weight is 375 g/mol. The lowest BCUT2D eigenvalue weighted by atomic mass is 9.44. The molecule has 9 atom stereocenters. The molecule has 0 radical (unpaired) electrons. The summed E-state index contributed by atoms with van der Waals surface area (Å²) in [5.74, 6) is 5.80. The molecule has 0 saturated heterocycles. The van der Waals surface area contributed by atoms with Crippen LogP contribution < -0.4 is 0 Å². The highest BCUT2D eigenvalue weighted by Gasteiger charge is 2.60. The summed E-state index contributed by atoms with van der Waals surface area (Å²) in [5.41, 5.74) is 1.27. The lowest BCUT2D eigenvalue weighted by Gasteiger charge is -2.61. The first-order chi connectivity index (χ1) is 12.9. The molecule has 0 amide bonds. The topological polar surface area (TPSA) is 20.2 Å². The first-order valence-corrected chi connectivity index (χ1v) is 12.6. The molecule has 4 rings (SSSR count). The van der Waals surface area contributed by atoms with Crippen LogP contribution in [0.3, 0.4) is 0 Å². The zero-order valence-corrected chi connectivity index (χ0v) is 18.7. The Balaban J connectivity index is 1.48. The highest BCUT2D eigenvalue weighted by atomic mass is 16.3. The van der Waals surface area contributed by atoms with E-state index < -0.39 is 0 Å². The van der Waals surface area contributed by atoms with Crippen LogP contribution in [0, 0.1) is 46.3 Å². The van der Waals surface area contributed by atoms with Crippen molar-refractivity contribution in [2.75, 3.05) is 0 Å². The van der Waals surface area contributed by atoms with Gasteiger partial charge in [0.2, 0.25) is 0 Å². The van der Waals surface area contributed by atoms with Crippen molar-refractivity contribution in [3.63, 3.8) is 0 Å². The second-order valence-electron chi connectivity index (χ2n) is 11.7. The molecule has 0 aromatic heterocycles. The van der Waals surface area contributed by atoms with Crippen LogP contribution in [0.15, 0.2) is 0 Å². The van der Waals surface area contributed by atoms with E-state index in [4.69, 9.17) is 0 Å². The van der Waals surface area contributed by atoms with Gasteiger partial charge in [-0.2, -0.15) is 0 Å². The molecule has 0 aliphatic heterocycles. The van der Waals surface area contributed by atoms with Gasteiger partial charge in [0, 0.05) is 0 Å². The molecule has 1 unspecified atom stereocenters. The summed E-state index contributed by atoms with van der Waals surface area (Å²) in [6, 6.07) is 0. The summed E-state index contributed by atoms with van der Waals surface area (Å²) in [5, 5.41) is 10.0. The summed E-state index contributed by atoms with van der Waals surface area (Å²) < 4.78 is 0. The molecule has 0 spiro atoms. The minimum Gasteiger partial charge on any atom is -0.393 e. The standard InChI is InChI=1S/C26H46O/c1-5-20(27)11-9-18(2)22-13-14-23-21-12-10-19-8-6-7-16-25(19,3)24(21)15-17-26(22,23)4/h18-24,27H,5-17H2,1-4H3/t18-,19+,20?,21+,22-,23+,24+,25+,26-/m1/s1. The minimum absolute atomic E-state index is 0.0743. The highest BCUT2D eigenvalue weighted by molar-refractivity contribution is 5.09. The van der Waals surface area contributed by atoms with E-state index >= 15 is 0 Å². The smallest absolute Gasteiger partial charge is 0.0537 e. The normalized spacial score (nSPS) is 49.0. The molecule has 0 bridgehead atoms. The van der Waals surface area contributed by atoms with Crippen LogP contribution >= 0.6 is 0 Å². The Bertz CT molecular complexity index is 514. The lowest BCUT2D eigenvalue weighted by Crippen LogP contribution is -2.53. The summed E-state index contributed by atoms with van der Waals surface area (Å²) in [6.45, 7) is 10.0. The van der Waals surface area contributed by atoms with E-state index in [2.05, 4.69) is 27.7 Å². The third-order valence-corrected chi connectivity index (χ3v) is 10.8. The van der Waals surface area contributed by atoms with Crippen molar-refractivity contribution in [1.82, 2.24) is 0 Å². The Morgan fingerprint density at radius 1 is 0.852 bits per heavy atom. The predicted molar refractivity (Wildman–Crippen MR) is 115 cm³/mol. The molecular weight excluding hydrogens is 328 g/mol. The van der Waals surface area contributed by atoms with Crippen LogP contribution in [0.1, 0.15) is 111 Å². The SMILES string of the molecule is CCC(O)CC[C@@H](C)[C@H]1CC[C@H]2[C@@H]3CC[C@@H]4CCCC[C@]4(C)[C@H]3CC[C@]12C. The van der Waals surface area contributed by atoms with Gasteiger partial charge in [0.05, 0.1) is 6.10 Å². The molecule has 4 saturated carbocycles. The summed E-state index contributed by atoms with van der Waals surface area (Å²) in [6.07, 6.45) is 18.2. The van der Waals surface area contributed by atoms with Crippen molar-refractivity contribution in [2.24, 2.45) is 46.3 Å². The molecule has 4 aliphatic carbocycles. The van der Waals surface area contributed by atoms with Gasteiger partial charge < -0.3 is 5.11 Å². The van der Waals surface area contributed by atoms with Gasteiger partial charge in [0.25, 0.3) is 0 Å². The Morgan fingerprint density at radius 2 is 1.63 bits per heavy atom. The van der Waals surface area contributed by atoms with Gasteiger partial charge in [-0.1, -0.05) is 40.5 Å². The molecule has 1 N–H and O–H groups in total. The Morgan fingerprint density at radius 3 is 2.41 bits per heavy atom. The van der Waals surface area contributed by atoms with Gasteiger partial charge in [-0.05, 0) is 117 Å². The van der Waals surface area contributed by atoms with E-state index in [1.54, 1.807) is 6.42 Å².